The monoisotopic (exact) mass is 432 g/mol. The first-order chi connectivity index (χ1) is 11.2. The Bertz CT molecular complexity index is 854. The molecule has 0 saturated heterocycles. The maximum atomic E-state index is 2.43. The third-order valence-electron chi connectivity index (χ3n) is 3.96. The molecule has 2 nitrogen and oxygen atoms in total. The Morgan fingerprint density at radius 3 is 2.57 bits per heavy atom. The summed E-state index contributed by atoms with van der Waals surface area (Å²) in [5.41, 5.74) is 5.27. The molecule has 2 aromatic carbocycles. The van der Waals surface area contributed by atoms with Crippen molar-refractivity contribution in [3.63, 3.8) is 0 Å². The molecule has 0 N–H and O–H groups in total. The van der Waals surface area contributed by atoms with Gasteiger partial charge in [0.2, 0.25) is 0 Å². The van der Waals surface area contributed by atoms with Gasteiger partial charge < -0.3 is 8.01 Å². The molecule has 0 aromatic heterocycles. The van der Waals surface area contributed by atoms with Gasteiger partial charge in [-0.3, -0.25) is 0 Å². The second-order valence-corrected chi connectivity index (χ2v) is 10.4. The Morgan fingerprint density at radius 2 is 1.70 bits per heavy atom. The molecule has 0 amide bonds. The fraction of sp³-hybridized carbons (Fsp3) is 0.105. The van der Waals surface area contributed by atoms with Crippen molar-refractivity contribution in [3.8, 4) is 0 Å². The summed E-state index contributed by atoms with van der Waals surface area (Å²) in [5, 5.41) is 0. The van der Waals surface area contributed by atoms with Gasteiger partial charge in [0.15, 0.2) is 0 Å². The number of fused-ring (bicyclic) bond motifs is 2. The number of thioether (sulfide) groups is 1. The maximum absolute atomic E-state index is 2.43. The number of hydrogen-bond acceptors (Lipinski definition) is 3. The third kappa shape index (κ3) is 2.85. The Hall–Kier alpha value is -1.53. The maximum Gasteiger partial charge on any atom is 0.0620 e. The lowest BCUT2D eigenvalue weighted by Gasteiger charge is -2.25. The summed E-state index contributed by atoms with van der Waals surface area (Å²) in [6.45, 7) is 0. The van der Waals surface area contributed by atoms with E-state index in [0.29, 0.717) is 0 Å². The minimum atomic E-state index is -0.143. The van der Waals surface area contributed by atoms with Crippen molar-refractivity contribution in [2.45, 2.75) is 4.90 Å². The van der Waals surface area contributed by atoms with Crippen LogP contribution in [0.15, 0.2) is 71.8 Å². The van der Waals surface area contributed by atoms with Crippen LogP contribution in [0.2, 0.25) is 0 Å². The Kier molecular flexibility index (Phi) is 4.03. The van der Waals surface area contributed by atoms with E-state index in [4.69, 9.17) is 0 Å². The molecule has 2 aromatic rings. The molecule has 116 valence electrons. The van der Waals surface area contributed by atoms with E-state index in [1.54, 1.807) is 0 Å². The summed E-state index contributed by atoms with van der Waals surface area (Å²) < 4.78 is 3.92. The van der Waals surface area contributed by atoms with Gasteiger partial charge in [-0.05, 0) is 35.9 Å². The number of allylic oxidation sites excluding steroid dienone is 2. The zero-order valence-corrected chi connectivity index (χ0v) is 16.0. The van der Waals surface area contributed by atoms with Gasteiger partial charge in [-0.2, -0.15) is 0 Å². The molecule has 23 heavy (non-hydrogen) atoms. The van der Waals surface area contributed by atoms with Crippen LogP contribution in [0.25, 0.3) is 5.57 Å². The average molecular weight is 432 g/mol. The van der Waals surface area contributed by atoms with E-state index in [1.165, 1.54) is 30.2 Å². The molecule has 2 aliphatic rings. The predicted octanol–water partition coefficient (Wildman–Crippen LogP) is 5.29. The number of hydrogen-bond donors (Lipinski definition) is 0. The highest BCUT2D eigenvalue weighted by molar-refractivity contribution is 14.2. The van der Waals surface area contributed by atoms with Crippen LogP contribution in [0.5, 0.6) is 0 Å². The standard InChI is InChI=1S/C19H17IN2S/c1-21-12-11-14(15-7-3-4-8-16(15)21)13-19-20-22(2)17-9-5-6-10-18(17)23-19/h3-13H,1-2H3. The Balaban J connectivity index is 1.73. The van der Waals surface area contributed by atoms with Gasteiger partial charge in [-0.15, -0.1) is 0 Å². The van der Waals surface area contributed by atoms with E-state index in [-0.39, 0.29) is 21.0 Å². The predicted molar refractivity (Wildman–Crippen MR) is 112 cm³/mol. The van der Waals surface area contributed by atoms with Crippen molar-refractivity contribution >= 4 is 52.6 Å². The van der Waals surface area contributed by atoms with Gasteiger partial charge in [-0.1, -0.05) is 42.1 Å². The number of para-hydroxylation sites is 2. The molecule has 2 heterocycles. The van der Waals surface area contributed by atoms with Crippen LogP contribution < -0.4 is 8.01 Å². The fourth-order valence-corrected chi connectivity index (χ4v) is 7.40. The van der Waals surface area contributed by atoms with Gasteiger partial charge in [0, 0.05) is 57.4 Å². The molecule has 0 aliphatic carbocycles. The molecule has 0 radical (unpaired) electrons. The fourth-order valence-electron chi connectivity index (χ4n) is 2.78. The molecule has 0 bridgehead atoms. The largest absolute Gasteiger partial charge is 0.351 e. The molecule has 2 aliphatic heterocycles. The van der Waals surface area contributed by atoms with Crippen LogP contribution in [0.1, 0.15) is 5.56 Å². The lowest BCUT2D eigenvalue weighted by molar-refractivity contribution is 1.18. The molecule has 0 unspecified atom stereocenters. The highest BCUT2D eigenvalue weighted by Gasteiger charge is 2.17. The second kappa shape index (κ2) is 6.17. The summed E-state index contributed by atoms with van der Waals surface area (Å²) in [5.74, 6) is 0. The highest BCUT2D eigenvalue weighted by atomic mass is 127. The van der Waals surface area contributed by atoms with Gasteiger partial charge in [0.05, 0.1) is 8.53 Å². The van der Waals surface area contributed by atoms with Crippen molar-refractivity contribution in [3.05, 3.63) is 72.4 Å². The highest BCUT2D eigenvalue weighted by Crippen LogP contribution is 2.42. The zero-order chi connectivity index (χ0) is 15.8. The molecule has 0 spiro atoms. The van der Waals surface area contributed by atoms with Crippen LogP contribution in [-0.2, 0) is 0 Å². The van der Waals surface area contributed by atoms with Crippen LogP contribution >= 0.6 is 32.8 Å². The van der Waals surface area contributed by atoms with Crippen molar-refractivity contribution in [2.75, 3.05) is 22.1 Å². The van der Waals surface area contributed by atoms with E-state index in [9.17, 15) is 0 Å². The van der Waals surface area contributed by atoms with Crippen molar-refractivity contribution in [2.24, 2.45) is 0 Å². The second-order valence-electron chi connectivity index (χ2n) is 5.48. The van der Waals surface area contributed by atoms with Gasteiger partial charge >= 0.3 is 0 Å². The number of nitrogens with zero attached hydrogens (tertiary/aromatic N) is 2. The topological polar surface area (TPSA) is 6.48 Å². The number of rotatable bonds is 1. The summed E-state index contributed by atoms with van der Waals surface area (Å²) in [4.78, 5) is 3.54. The van der Waals surface area contributed by atoms with E-state index >= 15 is 0 Å². The van der Waals surface area contributed by atoms with E-state index in [2.05, 4.69) is 89.0 Å². The minimum absolute atomic E-state index is 0.143. The van der Waals surface area contributed by atoms with Crippen LogP contribution in [0, 0.1) is 0 Å². The summed E-state index contributed by atoms with van der Waals surface area (Å²) in [7, 11) is 4.31. The number of anilines is 2. The first-order valence-electron chi connectivity index (χ1n) is 7.47. The smallest absolute Gasteiger partial charge is 0.0620 e. The van der Waals surface area contributed by atoms with Crippen molar-refractivity contribution in [1.82, 2.24) is 0 Å². The molecule has 0 fully saturated rings. The summed E-state index contributed by atoms with van der Waals surface area (Å²) in [6.07, 6.45) is 6.76. The minimum Gasteiger partial charge on any atom is -0.351 e. The normalized spacial score (nSPS) is 18.2. The van der Waals surface area contributed by atoms with Crippen molar-refractivity contribution < 1.29 is 0 Å². The Labute approximate surface area is 151 Å². The number of benzene rings is 2. The first-order valence-corrected chi connectivity index (χ1v) is 10.3. The van der Waals surface area contributed by atoms with Gasteiger partial charge in [0.25, 0.3) is 0 Å². The molecule has 4 rings (SSSR count). The zero-order valence-electron chi connectivity index (χ0n) is 13.0. The molecule has 4 heteroatoms. The lowest BCUT2D eigenvalue weighted by atomic mass is 10.0. The van der Waals surface area contributed by atoms with Gasteiger partial charge in [-0.25, -0.2) is 0 Å². The van der Waals surface area contributed by atoms with Crippen molar-refractivity contribution in [1.29, 1.82) is 0 Å². The Morgan fingerprint density at radius 1 is 0.957 bits per heavy atom. The number of halogens is 1. The lowest BCUT2D eigenvalue weighted by Crippen LogP contribution is -2.14. The molecular weight excluding hydrogens is 415 g/mol. The third-order valence-corrected chi connectivity index (χ3v) is 7.99. The molecule has 0 saturated carbocycles. The summed E-state index contributed by atoms with van der Waals surface area (Å²) >= 11 is 1.79. The molecular formula is C19H17IN2S. The summed E-state index contributed by atoms with van der Waals surface area (Å²) in [6, 6.07) is 17.3. The van der Waals surface area contributed by atoms with Crippen LogP contribution in [0.3, 0.4) is 0 Å². The average Bonchev–Trinajstić information content (AvgIpc) is 2.58. The molecule has 0 atom stereocenters. The van der Waals surface area contributed by atoms with E-state index in [0.717, 1.165) is 0 Å². The van der Waals surface area contributed by atoms with Gasteiger partial charge in [0.1, 0.15) is 0 Å². The quantitative estimate of drug-likeness (QED) is 0.447. The van der Waals surface area contributed by atoms with E-state index < -0.39 is 0 Å². The van der Waals surface area contributed by atoms with Crippen LogP contribution in [0.4, 0.5) is 11.4 Å². The first kappa shape index (κ1) is 15.0. The SMILES string of the molecule is CN1C=CC(=CC2=IN(C)c3ccccc3S2)c2ccccc21. The van der Waals surface area contributed by atoms with E-state index in [1.807, 2.05) is 11.8 Å². The van der Waals surface area contributed by atoms with Crippen LogP contribution in [-0.4, -0.2) is 16.9 Å².